The third-order valence-corrected chi connectivity index (χ3v) is 4.94. The number of nitrogens with zero attached hydrogens (tertiary/aromatic N) is 1. The Hall–Kier alpha value is -2.42. The lowest BCUT2D eigenvalue weighted by molar-refractivity contribution is -0.144. The summed E-state index contributed by atoms with van der Waals surface area (Å²) in [7, 11) is 0. The van der Waals surface area contributed by atoms with Crippen LogP contribution < -0.4 is 10.6 Å². The Morgan fingerprint density at radius 3 is 2.31 bits per heavy atom. The fourth-order valence-electron chi connectivity index (χ4n) is 3.12. The summed E-state index contributed by atoms with van der Waals surface area (Å²) in [4.78, 5) is 40.4. The first-order valence-electron chi connectivity index (χ1n) is 10.9. The number of ether oxygens (including phenoxy) is 1. The lowest BCUT2D eigenvalue weighted by Gasteiger charge is -2.37. The van der Waals surface area contributed by atoms with E-state index in [1.165, 1.54) is 11.0 Å². The number of unbranched alkanes of at least 4 members (excludes halogenated alkanes) is 1. The predicted octanol–water partition coefficient (Wildman–Crippen LogP) is 3.41. The van der Waals surface area contributed by atoms with Crippen molar-refractivity contribution in [3.63, 3.8) is 0 Å². The maximum atomic E-state index is 13.5. The smallest absolute Gasteiger partial charge is 0.408 e. The van der Waals surface area contributed by atoms with Crippen molar-refractivity contribution in [2.45, 2.75) is 78.1 Å². The summed E-state index contributed by atoms with van der Waals surface area (Å²) in [5.41, 5.74) is -0.428. The Kier molecular flexibility index (Phi) is 10.9. The van der Waals surface area contributed by atoms with E-state index in [4.69, 9.17) is 4.74 Å². The van der Waals surface area contributed by atoms with Crippen molar-refractivity contribution in [2.75, 3.05) is 12.3 Å². The van der Waals surface area contributed by atoms with Gasteiger partial charge in [0.25, 0.3) is 0 Å². The zero-order chi connectivity index (χ0) is 24.5. The van der Waals surface area contributed by atoms with Gasteiger partial charge in [0.2, 0.25) is 11.8 Å². The number of aromatic hydroxyl groups is 1. The van der Waals surface area contributed by atoms with Crippen LogP contribution in [0.15, 0.2) is 24.3 Å². The number of rotatable bonds is 10. The third-order valence-electron chi connectivity index (χ3n) is 4.57. The fraction of sp³-hybridized carbons (Fsp3) is 0.609. The van der Waals surface area contributed by atoms with Crippen LogP contribution in [0.5, 0.6) is 5.75 Å². The number of phenolic OH excluding ortho intramolecular Hbond substituents is 1. The number of alkyl carbamates (subject to hydrolysis) is 1. The minimum Gasteiger partial charge on any atom is -0.508 e. The van der Waals surface area contributed by atoms with E-state index in [9.17, 15) is 19.5 Å². The number of amides is 3. The van der Waals surface area contributed by atoms with E-state index in [1.807, 2.05) is 6.92 Å². The first-order chi connectivity index (χ1) is 14.9. The van der Waals surface area contributed by atoms with Crippen molar-refractivity contribution in [1.29, 1.82) is 0 Å². The SMILES string of the molecule is CCCCNC(=O)C(c1ccccc1O)N(C(=O)C(CS)NC(=O)OC(C)(C)C)C(C)C. The predicted molar refractivity (Wildman–Crippen MR) is 128 cm³/mol. The molecule has 1 rings (SSSR count). The summed E-state index contributed by atoms with van der Waals surface area (Å²) in [6.07, 6.45) is 0.935. The highest BCUT2D eigenvalue weighted by atomic mass is 32.1. The van der Waals surface area contributed by atoms with E-state index in [0.29, 0.717) is 12.1 Å². The van der Waals surface area contributed by atoms with Gasteiger partial charge in [0.05, 0.1) is 0 Å². The van der Waals surface area contributed by atoms with E-state index in [-0.39, 0.29) is 11.5 Å². The van der Waals surface area contributed by atoms with Gasteiger partial charge in [-0.15, -0.1) is 0 Å². The second-order valence-electron chi connectivity index (χ2n) is 8.83. The Morgan fingerprint density at radius 2 is 1.81 bits per heavy atom. The number of hydrogen-bond acceptors (Lipinski definition) is 6. The normalized spacial score (nSPS) is 13.2. The van der Waals surface area contributed by atoms with Crippen LogP contribution >= 0.6 is 12.6 Å². The van der Waals surface area contributed by atoms with Crippen LogP contribution in [0.2, 0.25) is 0 Å². The standard InChI is InChI=1S/C23H37N3O5S/c1-7-8-13-24-20(28)19(16-11-9-10-12-18(16)27)26(15(2)3)21(29)17(14-32)25-22(30)31-23(4,5)6/h9-12,15,17,19,27,32H,7-8,13-14H2,1-6H3,(H,24,28)(H,25,30). The molecule has 0 aliphatic rings. The van der Waals surface area contributed by atoms with Crippen molar-refractivity contribution in [3.05, 3.63) is 29.8 Å². The summed E-state index contributed by atoms with van der Waals surface area (Å²) >= 11 is 4.23. The van der Waals surface area contributed by atoms with Crippen LogP contribution in [-0.4, -0.2) is 57.9 Å². The molecule has 3 N–H and O–H groups in total. The molecule has 0 radical (unpaired) electrons. The molecule has 180 valence electrons. The van der Waals surface area contributed by atoms with Crippen molar-refractivity contribution in [1.82, 2.24) is 15.5 Å². The van der Waals surface area contributed by atoms with Gasteiger partial charge in [-0.25, -0.2) is 4.79 Å². The maximum Gasteiger partial charge on any atom is 0.408 e. The molecule has 0 bridgehead atoms. The van der Waals surface area contributed by atoms with E-state index in [1.54, 1.807) is 52.8 Å². The van der Waals surface area contributed by atoms with Gasteiger partial charge < -0.3 is 25.4 Å². The highest BCUT2D eigenvalue weighted by molar-refractivity contribution is 7.80. The van der Waals surface area contributed by atoms with Crippen molar-refractivity contribution < 1.29 is 24.2 Å². The van der Waals surface area contributed by atoms with Crippen LogP contribution in [-0.2, 0) is 14.3 Å². The third kappa shape index (κ3) is 8.26. The van der Waals surface area contributed by atoms with Gasteiger partial charge >= 0.3 is 6.09 Å². The monoisotopic (exact) mass is 467 g/mol. The number of hydrogen-bond donors (Lipinski definition) is 4. The zero-order valence-electron chi connectivity index (χ0n) is 19.8. The molecule has 9 heteroatoms. The molecule has 0 spiro atoms. The van der Waals surface area contributed by atoms with E-state index in [0.717, 1.165) is 12.8 Å². The van der Waals surface area contributed by atoms with Gasteiger partial charge in [-0.05, 0) is 47.1 Å². The Labute approximate surface area is 196 Å². The molecule has 32 heavy (non-hydrogen) atoms. The van der Waals surface area contributed by atoms with Crippen molar-refractivity contribution in [3.8, 4) is 5.75 Å². The van der Waals surface area contributed by atoms with Crippen LogP contribution in [0.1, 0.15) is 66.0 Å². The van der Waals surface area contributed by atoms with Gasteiger partial charge in [0.1, 0.15) is 23.4 Å². The van der Waals surface area contributed by atoms with Gasteiger partial charge in [0, 0.05) is 23.9 Å². The first kappa shape index (κ1) is 27.6. The summed E-state index contributed by atoms with van der Waals surface area (Å²) in [6, 6.07) is 3.91. The molecule has 1 aromatic rings. The quantitative estimate of drug-likeness (QED) is 0.312. The molecule has 8 nitrogen and oxygen atoms in total. The Balaban J connectivity index is 3.31. The lowest BCUT2D eigenvalue weighted by atomic mass is 10.00. The van der Waals surface area contributed by atoms with Crippen LogP contribution in [0.3, 0.4) is 0 Å². The van der Waals surface area contributed by atoms with Gasteiger partial charge in [-0.3, -0.25) is 9.59 Å². The Morgan fingerprint density at radius 1 is 1.19 bits per heavy atom. The van der Waals surface area contributed by atoms with E-state index >= 15 is 0 Å². The van der Waals surface area contributed by atoms with Crippen LogP contribution in [0.4, 0.5) is 4.79 Å². The number of thiol groups is 1. The van der Waals surface area contributed by atoms with E-state index in [2.05, 4.69) is 23.3 Å². The van der Waals surface area contributed by atoms with Gasteiger partial charge in [-0.2, -0.15) is 12.6 Å². The number of nitrogens with one attached hydrogen (secondary N) is 2. The molecule has 0 aliphatic heterocycles. The number of carbonyl (C=O) groups is 3. The number of para-hydroxylation sites is 1. The second kappa shape index (κ2) is 12.6. The molecule has 0 saturated heterocycles. The van der Waals surface area contributed by atoms with Gasteiger partial charge in [-0.1, -0.05) is 31.5 Å². The average Bonchev–Trinajstić information content (AvgIpc) is 2.69. The number of carbonyl (C=O) groups excluding carboxylic acids is 3. The fourth-order valence-corrected chi connectivity index (χ4v) is 3.36. The Bertz CT molecular complexity index is 779. The summed E-state index contributed by atoms with van der Waals surface area (Å²) in [6.45, 7) is 11.2. The average molecular weight is 468 g/mol. The lowest BCUT2D eigenvalue weighted by Crippen LogP contribution is -2.55. The molecule has 2 unspecified atom stereocenters. The van der Waals surface area contributed by atoms with Crippen molar-refractivity contribution >= 4 is 30.5 Å². The highest BCUT2D eigenvalue weighted by Crippen LogP contribution is 2.31. The summed E-state index contributed by atoms with van der Waals surface area (Å²) in [5, 5.41) is 15.9. The zero-order valence-corrected chi connectivity index (χ0v) is 20.7. The van der Waals surface area contributed by atoms with E-state index < -0.39 is 41.6 Å². The molecule has 0 aliphatic carbocycles. The molecule has 1 aromatic carbocycles. The minimum absolute atomic E-state index is 0.00619. The molecule has 2 atom stereocenters. The van der Waals surface area contributed by atoms with Gasteiger partial charge in [0.15, 0.2) is 0 Å². The molecule has 0 fully saturated rings. The summed E-state index contributed by atoms with van der Waals surface area (Å²) in [5.74, 6) is -0.993. The van der Waals surface area contributed by atoms with Crippen molar-refractivity contribution in [2.24, 2.45) is 0 Å². The van der Waals surface area contributed by atoms with Crippen LogP contribution in [0, 0.1) is 0 Å². The molecule has 0 heterocycles. The number of phenols is 1. The largest absolute Gasteiger partial charge is 0.508 e. The molecule has 3 amide bonds. The summed E-state index contributed by atoms with van der Waals surface area (Å²) < 4.78 is 5.26. The highest BCUT2D eigenvalue weighted by Gasteiger charge is 2.38. The molecule has 0 aromatic heterocycles. The molecular weight excluding hydrogens is 430 g/mol. The number of benzene rings is 1. The maximum absolute atomic E-state index is 13.5. The first-order valence-corrected chi connectivity index (χ1v) is 11.5. The molecular formula is C23H37N3O5S. The molecule has 0 saturated carbocycles. The van der Waals surface area contributed by atoms with Crippen LogP contribution in [0.25, 0.3) is 0 Å². The second-order valence-corrected chi connectivity index (χ2v) is 9.19. The minimum atomic E-state index is -1.08. The topological polar surface area (TPSA) is 108 Å².